The Kier molecular flexibility index (Phi) is 7.47. The van der Waals surface area contributed by atoms with E-state index in [-0.39, 0.29) is 41.7 Å². The van der Waals surface area contributed by atoms with E-state index in [1.165, 1.54) is 16.6 Å². The zero-order chi connectivity index (χ0) is 32.9. The highest BCUT2D eigenvalue weighted by molar-refractivity contribution is 7.88. The predicted molar refractivity (Wildman–Crippen MR) is 174 cm³/mol. The quantitative estimate of drug-likeness (QED) is 0.254. The van der Waals surface area contributed by atoms with Crippen molar-refractivity contribution < 1.29 is 32.2 Å². The Balaban J connectivity index is 1.32. The molecule has 3 fully saturated rings. The maximum Gasteiger partial charge on any atom is 0.211 e. The van der Waals surface area contributed by atoms with Gasteiger partial charge in [-0.25, -0.2) is 17.2 Å². The van der Waals surface area contributed by atoms with Crippen molar-refractivity contribution in [2.45, 2.75) is 76.9 Å². The maximum atomic E-state index is 14.5. The van der Waals surface area contributed by atoms with Gasteiger partial charge in [0.05, 0.1) is 18.0 Å². The average Bonchev–Trinajstić information content (AvgIpc) is 3.61. The number of carbonyl (C=O) groups is 1. The number of hydrogen-bond donors (Lipinski definition) is 2. The lowest BCUT2D eigenvalue weighted by Crippen LogP contribution is -2.67. The van der Waals surface area contributed by atoms with Gasteiger partial charge in [-0.2, -0.15) is 4.31 Å². The second kappa shape index (κ2) is 10.6. The molecule has 6 nitrogen and oxygen atoms in total. The first kappa shape index (κ1) is 32.3. The van der Waals surface area contributed by atoms with Crippen LogP contribution < -0.4 is 0 Å². The molecule has 0 amide bonds. The van der Waals surface area contributed by atoms with Gasteiger partial charge in [-0.3, -0.25) is 4.79 Å². The van der Waals surface area contributed by atoms with Gasteiger partial charge in [0.2, 0.25) is 10.0 Å². The first-order valence-corrected chi connectivity index (χ1v) is 19.1. The SMILES string of the molecule is C[C@]12CC[C@H]3[C@]4(C=C[C@@]5(C=C4C(=O)c4ccc(F)c(F)c4)CC(O)CC[C@]35C)[C@@H]1CC[C@@]2(O)CN(CCc1cccs1)S(C)(=O)=O. The number of fused-ring (bicyclic) bond motifs is 1. The van der Waals surface area contributed by atoms with Crippen molar-refractivity contribution in [1.82, 2.24) is 4.31 Å². The molecule has 0 aliphatic heterocycles. The Morgan fingerprint density at radius 2 is 1.74 bits per heavy atom. The topological polar surface area (TPSA) is 94.9 Å². The lowest BCUT2D eigenvalue weighted by Gasteiger charge is -2.71. The van der Waals surface area contributed by atoms with Gasteiger partial charge in [0.15, 0.2) is 17.4 Å². The molecule has 46 heavy (non-hydrogen) atoms. The fourth-order valence-electron chi connectivity index (χ4n) is 10.7. The first-order chi connectivity index (χ1) is 21.6. The minimum Gasteiger partial charge on any atom is -0.393 e. The Morgan fingerprint density at radius 3 is 2.43 bits per heavy atom. The summed E-state index contributed by atoms with van der Waals surface area (Å²) in [5.74, 6) is -2.63. The first-order valence-electron chi connectivity index (χ1n) is 16.4. The Hall–Kier alpha value is -2.24. The van der Waals surface area contributed by atoms with E-state index in [4.69, 9.17) is 0 Å². The fraction of sp³-hybridized carbons (Fsp3) is 0.583. The van der Waals surface area contributed by atoms with E-state index in [1.807, 2.05) is 23.6 Å². The number of halogens is 2. The number of aliphatic hydroxyl groups excluding tert-OH is 1. The Bertz CT molecular complexity index is 1740. The number of aliphatic hydroxyl groups is 2. The molecule has 2 bridgehead atoms. The van der Waals surface area contributed by atoms with Crippen molar-refractivity contribution in [3.63, 3.8) is 0 Å². The molecular weight excluding hydrogens is 629 g/mol. The van der Waals surface area contributed by atoms with E-state index in [1.54, 1.807) is 11.3 Å². The van der Waals surface area contributed by atoms with Crippen molar-refractivity contribution in [3.8, 4) is 0 Å². The van der Waals surface area contributed by atoms with Crippen LogP contribution in [-0.4, -0.2) is 59.8 Å². The van der Waals surface area contributed by atoms with E-state index in [2.05, 4.69) is 26.0 Å². The molecule has 0 saturated heterocycles. The van der Waals surface area contributed by atoms with Gasteiger partial charge in [0, 0.05) is 45.3 Å². The third-order valence-electron chi connectivity index (χ3n) is 13.2. The molecule has 1 unspecified atom stereocenters. The van der Waals surface area contributed by atoms with Crippen LogP contribution in [0.2, 0.25) is 0 Å². The number of hydrogen-bond acceptors (Lipinski definition) is 6. The highest BCUT2D eigenvalue weighted by Crippen LogP contribution is 2.78. The van der Waals surface area contributed by atoms with E-state index >= 15 is 0 Å². The standard InChI is InChI=1S/C36H43F2NO5S2/c1-32-12-8-24(40)20-34(32)15-16-36(26(21-34)31(41)23-6-7-27(37)28(38)19-23)29(32)9-13-33(2)30(36)10-14-35(33,42)22-39(46(3,43)44)17-11-25-5-4-18-45-25/h4-7,15-16,18-19,21,24,29-30,40,42H,8-14,17,20,22H2,1-3H3/t24?,29-,30-,32-,33+,34+,35-,36-/m1/s1. The zero-order valence-electron chi connectivity index (χ0n) is 26.6. The van der Waals surface area contributed by atoms with Gasteiger partial charge < -0.3 is 10.2 Å². The minimum atomic E-state index is -3.64. The molecule has 6 aliphatic carbocycles. The number of rotatable bonds is 8. The van der Waals surface area contributed by atoms with Gasteiger partial charge in [-0.15, -0.1) is 11.3 Å². The molecule has 1 aromatic heterocycles. The fourth-order valence-corrected chi connectivity index (χ4v) is 12.3. The molecule has 2 spiro atoms. The van der Waals surface area contributed by atoms with Crippen LogP contribution in [0.3, 0.4) is 0 Å². The third-order valence-corrected chi connectivity index (χ3v) is 15.4. The van der Waals surface area contributed by atoms with Crippen molar-refractivity contribution in [3.05, 3.63) is 81.6 Å². The normalized spacial score (nSPS) is 39.6. The molecular formula is C36H43F2NO5S2. The largest absolute Gasteiger partial charge is 0.393 e. The predicted octanol–water partition coefficient (Wildman–Crippen LogP) is 6.30. The molecule has 3 saturated carbocycles. The zero-order valence-corrected chi connectivity index (χ0v) is 28.3. The number of sulfonamides is 1. The molecule has 0 radical (unpaired) electrons. The van der Waals surface area contributed by atoms with Gasteiger partial charge in [-0.1, -0.05) is 38.1 Å². The number of ketones is 1. The van der Waals surface area contributed by atoms with Gasteiger partial charge in [0.1, 0.15) is 0 Å². The van der Waals surface area contributed by atoms with E-state index < -0.39 is 49.6 Å². The van der Waals surface area contributed by atoms with Crippen molar-refractivity contribution >= 4 is 27.1 Å². The summed E-state index contributed by atoms with van der Waals surface area (Å²) in [6.07, 6.45) is 11.9. The van der Waals surface area contributed by atoms with E-state index in [9.17, 15) is 32.2 Å². The molecule has 10 heteroatoms. The van der Waals surface area contributed by atoms with Crippen molar-refractivity contribution in [2.24, 2.45) is 33.5 Å². The molecule has 1 heterocycles. The number of carbonyl (C=O) groups excluding carboxylic acids is 1. The molecule has 6 aliphatic rings. The van der Waals surface area contributed by atoms with Crippen molar-refractivity contribution in [1.29, 1.82) is 0 Å². The smallest absolute Gasteiger partial charge is 0.211 e. The summed E-state index contributed by atoms with van der Waals surface area (Å²) in [4.78, 5) is 15.6. The van der Waals surface area contributed by atoms with Gasteiger partial charge in [0.25, 0.3) is 0 Å². The summed E-state index contributed by atoms with van der Waals surface area (Å²) in [6.45, 7) is 4.57. The number of nitrogens with zero attached hydrogens (tertiary/aromatic N) is 1. The van der Waals surface area contributed by atoms with Crippen LogP contribution in [0.25, 0.3) is 0 Å². The summed E-state index contributed by atoms with van der Waals surface area (Å²) in [5, 5.41) is 25.5. The minimum absolute atomic E-state index is 0.0250. The van der Waals surface area contributed by atoms with E-state index in [0.29, 0.717) is 50.5 Å². The highest BCUT2D eigenvalue weighted by atomic mass is 32.2. The molecule has 2 aromatic rings. The van der Waals surface area contributed by atoms with Crippen LogP contribution in [0.15, 0.2) is 59.5 Å². The highest BCUT2D eigenvalue weighted by Gasteiger charge is 2.74. The molecule has 1 aromatic carbocycles. The van der Waals surface area contributed by atoms with Crippen LogP contribution >= 0.6 is 11.3 Å². The molecule has 248 valence electrons. The summed E-state index contributed by atoms with van der Waals surface area (Å²) in [5.41, 5.74) is -3.05. The lowest BCUT2D eigenvalue weighted by atomic mass is 9.32. The number of allylic oxidation sites excluding steroid dienone is 4. The maximum absolute atomic E-state index is 14.5. The Labute approximate surface area is 274 Å². The molecule has 8 rings (SSSR count). The summed E-state index contributed by atoms with van der Waals surface area (Å²) >= 11 is 1.58. The van der Waals surface area contributed by atoms with E-state index in [0.717, 1.165) is 23.4 Å². The van der Waals surface area contributed by atoms with Crippen LogP contribution in [0.1, 0.15) is 74.0 Å². The second-order valence-corrected chi connectivity index (χ2v) is 18.2. The summed E-state index contributed by atoms with van der Waals surface area (Å²) in [7, 11) is -3.64. The molecule has 8 atom stereocenters. The number of thiophene rings is 1. The van der Waals surface area contributed by atoms with Crippen LogP contribution in [0.5, 0.6) is 0 Å². The summed E-state index contributed by atoms with van der Waals surface area (Å²) < 4.78 is 56.0. The number of benzene rings is 1. The van der Waals surface area contributed by atoms with Crippen LogP contribution in [0.4, 0.5) is 8.78 Å². The van der Waals surface area contributed by atoms with Crippen LogP contribution in [-0.2, 0) is 16.4 Å². The number of Topliss-reactive ketones (excluding diaryl/α,β-unsaturated/α-hetero) is 1. The third kappa shape index (κ3) is 4.46. The van der Waals surface area contributed by atoms with Crippen LogP contribution in [0, 0.1) is 45.1 Å². The van der Waals surface area contributed by atoms with Gasteiger partial charge >= 0.3 is 0 Å². The lowest BCUT2D eigenvalue weighted by molar-refractivity contribution is -0.173. The Morgan fingerprint density at radius 1 is 1.02 bits per heavy atom. The van der Waals surface area contributed by atoms with Gasteiger partial charge in [-0.05, 0) is 98.3 Å². The van der Waals surface area contributed by atoms with Crippen molar-refractivity contribution in [2.75, 3.05) is 19.3 Å². The summed E-state index contributed by atoms with van der Waals surface area (Å²) in [6, 6.07) is 7.20. The second-order valence-electron chi connectivity index (χ2n) is 15.2. The monoisotopic (exact) mass is 671 g/mol. The average molecular weight is 672 g/mol. The molecule has 2 N–H and O–H groups in total.